The molecule has 2 fully saturated rings. The summed E-state index contributed by atoms with van der Waals surface area (Å²) in [6, 6.07) is 19.5. The Hall–Kier alpha value is -3.30. The number of anilines is 1. The molecule has 0 radical (unpaired) electrons. The third-order valence-corrected chi connectivity index (χ3v) is 7.54. The monoisotopic (exact) mass is 577 g/mol. The molecule has 1 aliphatic heterocycles. The molecular formula is C30H32ClF4N3O2. The maximum absolute atomic E-state index is 12.9. The first kappa shape index (κ1) is 29.7. The van der Waals surface area contributed by atoms with Gasteiger partial charge in [-0.25, -0.2) is 9.18 Å². The summed E-state index contributed by atoms with van der Waals surface area (Å²) in [6.07, 6.45) is -4.08. The molecule has 1 aliphatic carbocycles. The average Bonchev–Trinajstić information content (AvgIpc) is 3.69. The van der Waals surface area contributed by atoms with Crippen LogP contribution < -0.4 is 4.90 Å². The maximum atomic E-state index is 12.9. The van der Waals surface area contributed by atoms with Gasteiger partial charge in [0.15, 0.2) is 0 Å². The molecule has 0 unspecified atom stereocenters. The normalized spacial score (nSPS) is 19.0. The van der Waals surface area contributed by atoms with Gasteiger partial charge in [-0.2, -0.15) is 13.2 Å². The second-order valence-corrected chi connectivity index (χ2v) is 10.7. The molecule has 5 rings (SSSR count). The van der Waals surface area contributed by atoms with Gasteiger partial charge in [0.2, 0.25) is 0 Å². The second kappa shape index (κ2) is 12.9. The largest absolute Gasteiger partial charge is 0.465 e. The van der Waals surface area contributed by atoms with Crippen molar-refractivity contribution < 1.29 is 27.5 Å². The van der Waals surface area contributed by atoms with Crippen molar-refractivity contribution in [2.24, 2.45) is 5.92 Å². The molecule has 1 heterocycles. The molecule has 1 N–H and O–H groups in total. The fourth-order valence-corrected chi connectivity index (χ4v) is 5.02. The molecule has 214 valence electrons. The van der Waals surface area contributed by atoms with Crippen LogP contribution in [0.1, 0.15) is 29.0 Å². The molecule has 1 saturated carbocycles. The first-order valence-electron chi connectivity index (χ1n) is 13.1. The maximum Gasteiger partial charge on any atom is 0.416 e. The third kappa shape index (κ3) is 8.35. The van der Waals surface area contributed by atoms with Crippen molar-refractivity contribution in [1.29, 1.82) is 0 Å². The van der Waals surface area contributed by atoms with Crippen LogP contribution in [0.25, 0.3) is 0 Å². The highest BCUT2D eigenvalue weighted by molar-refractivity contribution is 6.30. The number of benzene rings is 3. The fraction of sp³-hybridized carbons (Fsp3) is 0.367. The van der Waals surface area contributed by atoms with Crippen LogP contribution in [0.3, 0.4) is 0 Å². The Bertz CT molecular complexity index is 1260. The molecule has 5 nitrogen and oxygen atoms in total. The van der Waals surface area contributed by atoms with Gasteiger partial charge in [0.25, 0.3) is 0 Å². The smallest absolute Gasteiger partial charge is 0.416 e. The number of hydrogen-bond acceptors (Lipinski definition) is 3. The van der Waals surface area contributed by atoms with E-state index in [4.69, 9.17) is 16.7 Å². The Kier molecular flexibility index (Phi) is 9.58. The zero-order valence-electron chi connectivity index (χ0n) is 22.1. The number of rotatable bonds is 6. The number of carboxylic acid groups (broad SMARTS) is 1. The van der Waals surface area contributed by atoms with Crippen LogP contribution in [0.15, 0.2) is 72.8 Å². The van der Waals surface area contributed by atoms with Gasteiger partial charge in [0.05, 0.1) is 5.56 Å². The van der Waals surface area contributed by atoms with E-state index in [0.717, 1.165) is 54.3 Å². The van der Waals surface area contributed by atoms with Crippen molar-refractivity contribution in [3.8, 4) is 0 Å². The highest BCUT2D eigenvalue weighted by Crippen LogP contribution is 2.48. The lowest BCUT2D eigenvalue weighted by atomic mass is 10.1. The van der Waals surface area contributed by atoms with Crippen molar-refractivity contribution in [1.82, 2.24) is 9.80 Å². The van der Waals surface area contributed by atoms with Crippen molar-refractivity contribution in [3.63, 3.8) is 0 Å². The van der Waals surface area contributed by atoms with Gasteiger partial charge in [0, 0.05) is 57.0 Å². The van der Waals surface area contributed by atoms with Gasteiger partial charge in [-0.15, -0.1) is 0 Å². The minimum atomic E-state index is -4.29. The Morgan fingerprint density at radius 1 is 1.00 bits per heavy atom. The molecule has 10 heteroatoms. The number of amides is 1. The van der Waals surface area contributed by atoms with Crippen LogP contribution in [0.2, 0.25) is 5.02 Å². The van der Waals surface area contributed by atoms with Crippen LogP contribution >= 0.6 is 11.6 Å². The number of carbonyl (C=O) groups is 1. The van der Waals surface area contributed by atoms with Gasteiger partial charge in [-0.3, -0.25) is 4.90 Å². The first-order valence-corrected chi connectivity index (χ1v) is 13.5. The van der Waals surface area contributed by atoms with Crippen molar-refractivity contribution in [2.75, 3.05) is 44.7 Å². The van der Waals surface area contributed by atoms with Crippen LogP contribution in [0.5, 0.6) is 0 Å². The SMILES string of the molecule is CN(Cc1ccc(F)cc1)C(=O)O.FC(F)(F)c1cccc(N2CCN(C[C@@H]3C[C@@H]3c3ccc(Cl)cc3)CC2)c1. The summed E-state index contributed by atoms with van der Waals surface area (Å²) in [5.41, 5.74) is 2.21. The summed E-state index contributed by atoms with van der Waals surface area (Å²) < 4.78 is 51.2. The number of hydrogen-bond donors (Lipinski definition) is 1. The van der Waals surface area contributed by atoms with E-state index in [0.29, 0.717) is 17.5 Å². The van der Waals surface area contributed by atoms with E-state index in [2.05, 4.69) is 21.9 Å². The first-order chi connectivity index (χ1) is 19.0. The summed E-state index contributed by atoms with van der Waals surface area (Å²) >= 11 is 5.95. The molecule has 1 saturated heterocycles. The lowest BCUT2D eigenvalue weighted by Crippen LogP contribution is -2.47. The highest BCUT2D eigenvalue weighted by Gasteiger charge is 2.39. The minimum Gasteiger partial charge on any atom is -0.465 e. The number of alkyl halides is 3. The van der Waals surface area contributed by atoms with Gasteiger partial charge < -0.3 is 14.9 Å². The van der Waals surface area contributed by atoms with Gasteiger partial charge in [-0.1, -0.05) is 41.9 Å². The van der Waals surface area contributed by atoms with Crippen molar-refractivity contribution in [2.45, 2.75) is 25.1 Å². The van der Waals surface area contributed by atoms with Crippen molar-refractivity contribution >= 4 is 23.4 Å². The fourth-order valence-electron chi connectivity index (χ4n) is 4.90. The lowest BCUT2D eigenvalue weighted by Gasteiger charge is -2.36. The predicted molar refractivity (Wildman–Crippen MR) is 148 cm³/mol. The van der Waals surface area contributed by atoms with Gasteiger partial charge >= 0.3 is 12.3 Å². The Balaban J connectivity index is 0.000000240. The van der Waals surface area contributed by atoms with Gasteiger partial charge in [0.1, 0.15) is 5.82 Å². The summed E-state index contributed by atoms with van der Waals surface area (Å²) in [5, 5.41) is 9.32. The summed E-state index contributed by atoms with van der Waals surface area (Å²) in [7, 11) is 1.46. The molecule has 40 heavy (non-hydrogen) atoms. The Morgan fingerprint density at radius 2 is 1.65 bits per heavy atom. The second-order valence-electron chi connectivity index (χ2n) is 10.3. The Morgan fingerprint density at radius 3 is 2.25 bits per heavy atom. The van der Waals surface area contributed by atoms with Crippen LogP contribution in [0.4, 0.5) is 28.0 Å². The number of nitrogens with zero attached hydrogens (tertiary/aromatic N) is 3. The third-order valence-electron chi connectivity index (χ3n) is 7.28. The molecule has 2 atom stereocenters. The molecular weight excluding hydrogens is 546 g/mol. The van der Waals surface area contributed by atoms with E-state index in [9.17, 15) is 22.4 Å². The molecule has 1 amide bonds. The molecule has 3 aromatic rings. The zero-order valence-corrected chi connectivity index (χ0v) is 22.9. The summed E-state index contributed by atoms with van der Waals surface area (Å²) in [4.78, 5) is 16.0. The quantitative estimate of drug-likeness (QED) is 0.314. The molecule has 0 spiro atoms. The summed E-state index contributed by atoms with van der Waals surface area (Å²) in [5.74, 6) is 0.969. The topological polar surface area (TPSA) is 47.0 Å². The molecule has 0 bridgehead atoms. The van der Waals surface area contributed by atoms with Crippen LogP contribution in [-0.2, 0) is 12.7 Å². The van der Waals surface area contributed by atoms with E-state index in [1.54, 1.807) is 18.2 Å². The van der Waals surface area contributed by atoms with E-state index >= 15 is 0 Å². The van der Waals surface area contributed by atoms with E-state index in [1.165, 1.54) is 43.3 Å². The standard InChI is InChI=1S/C21H22ClF3N2.C9H10FNO2/c22-18-6-4-15(5-7-18)20-12-16(20)14-26-8-10-27(11-9-26)19-3-1-2-17(13-19)21(23,24)25;1-11(9(12)13)6-7-2-4-8(10)5-3-7/h1-7,13,16,20H,8-12,14H2;2-5H,6H2,1H3,(H,12,13)/t16-,20+;/m0./s1. The zero-order chi connectivity index (χ0) is 28.9. The van der Waals surface area contributed by atoms with E-state index in [-0.39, 0.29) is 12.4 Å². The predicted octanol–water partition coefficient (Wildman–Crippen LogP) is 7.22. The number of piperazine rings is 1. The number of halogens is 5. The molecule has 2 aliphatic rings. The molecule has 3 aromatic carbocycles. The van der Waals surface area contributed by atoms with E-state index in [1.807, 2.05) is 12.1 Å². The van der Waals surface area contributed by atoms with Crippen LogP contribution in [-0.4, -0.2) is 60.8 Å². The minimum absolute atomic E-state index is 0.273. The van der Waals surface area contributed by atoms with Gasteiger partial charge in [-0.05, 0) is 71.8 Å². The summed E-state index contributed by atoms with van der Waals surface area (Å²) in [6.45, 7) is 4.64. The molecule has 0 aromatic heterocycles. The Labute approximate surface area is 236 Å². The highest BCUT2D eigenvalue weighted by atomic mass is 35.5. The van der Waals surface area contributed by atoms with E-state index < -0.39 is 17.8 Å². The van der Waals surface area contributed by atoms with Crippen LogP contribution in [0, 0.1) is 11.7 Å². The van der Waals surface area contributed by atoms with Crippen molar-refractivity contribution in [3.05, 3.63) is 100 Å². The lowest BCUT2D eigenvalue weighted by molar-refractivity contribution is -0.137. The average molecular weight is 578 g/mol.